The van der Waals surface area contributed by atoms with Crippen LogP contribution < -0.4 is 0 Å². The van der Waals surface area contributed by atoms with Gasteiger partial charge in [-0.3, -0.25) is 9.59 Å². The molecule has 0 aromatic rings. The molecule has 5 nitrogen and oxygen atoms in total. The summed E-state index contributed by atoms with van der Waals surface area (Å²) in [6.07, 6.45) is 98.3. The number of allylic oxidation sites excluding steroid dienone is 24. The second-order valence-electron chi connectivity index (χ2n) is 20.4. The summed E-state index contributed by atoms with van der Waals surface area (Å²) in [4.78, 5) is 24.6. The molecule has 0 aromatic carbocycles. The molecule has 1 atom stereocenters. The standard InChI is InChI=1S/C71H116O5/c1-3-5-7-9-11-13-15-17-19-21-23-25-27-28-29-30-31-32-33-34-35-36-37-38-39-40-41-42-44-46-48-50-52-54-56-58-60-62-64-66-71(74)76-69(67-72)68-75-70(73)65-63-61-59-57-55-53-51-49-47-45-43-26-24-22-20-18-16-14-12-10-8-6-4-2/h5,7,11,13,16-19,22-25,28-29,31-32,34-35,37-38,40-41,44,46,69,72H,3-4,6,8-10,12,14-15,20-21,26-27,30,33,36,39,42-43,45,47-68H2,1-2H3/b7-5-,13-11-,18-16-,19-17-,24-22-,25-23-,29-28-,32-31-,35-34-,38-37-,41-40-,46-44-. The first-order valence-electron chi connectivity index (χ1n) is 31.4. The van der Waals surface area contributed by atoms with E-state index in [2.05, 4.69) is 160 Å². The molecule has 0 bridgehead atoms. The van der Waals surface area contributed by atoms with E-state index in [-0.39, 0.29) is 25.2 Å². The zero-order valence-corrected chi connectivity index (χ0v) is 49.2. The number of aliphatic hydroxyl groups excluding tert-OH is 1. The molecule has 0 aliphatic heterocycles. The zero-order valence-electron chi connectivity index (χ0n) is 49.2. The summed E-state index contributed by atoms with van der Waals surface area (Å²) in [7, 11) is 0. The minimum atomic E-state index is -0.788. The van der Waals surface area contributed by atoms with Crippen LogP contribution in [0.2, 0.25) is 0 Å². The Morgan fingerprint density at radius 1 is 0.316 bits per heavy atom. The minimum Gasteiger partial charge on any atom is -0.462 e. The maximum Gasteiger partial charge on any atom is 0.306 e. The van der Waals surface area contributed by atoms with Crippen molar-refractivity contribution in [1.29, 1.82) is 0 Å². The van der Waals surface area contributed by atoms with Gasteiger partial charge in [-0.05, 0) is 122 Å². The van der Waals surface area contributed by atoms with E-state index < -0.39 is 6.10 Å². The molecule has 0 saturated heterocycles. The average molecular weight is 1050 g/mol. The predicted molar refractivity (Wildman–Crippen MR) is 334 cm³/mol. The van der Waals surface area contributed by atoms with E-state index in [0.29, 0.717) is 12.8 Å². The fraction of sp³-hybridized carbons (Fsp3) is 0.634. The molecular formula is C71H116O5. The number of carbonyl (C=O) groups excluding carboxylic acids is 2. The lowest BCUT2D eigenvalue weighted by Crippen LogP contribution is -2.28. The second-order valence-corrected chi connectivity index (χ2v) is 20.4. The van der Waals surface area contributed by atoms with E-state index in [1.165, 1.54) is 128 Å². The van der Waals surface area contributed by atoms with Crippen molar-refractivity contribution < 1.29 is 24.2 Å². The largest absolute Gasteiger partial charge is 0.462 e. The Hall–Kier alpha value is -4.22. The molecule has 0 saturated carbocycles. The molecule has 5 heteroatoms. The molecule has 1 unspecified atom stereocenters. The number of unbranched alkanes of at least 4 members (excludes halogenated alkanes) is 24. The first-order valence-corrected chi connectivity index (χ1v) is 31.4. The highest BCUT2D eigenvalue weighted by molar-refractivity contribution is 5.70. The number of rotatable bonds is 56. The van der Waals surface area contributed by atoms with Crippen molar-refractivity contribution in [1.82, 2.24) is 0 Å². The SMILES string of the molecule is CC/C=C\C/C=C\C/C=C\C/C=C\C/C=C\C/C=C\C/C=C\C/C=C\C/C=C\C/C=C\CCCCCCCCCCC(=O)OC(CO)COC(=O)CCCCCCCCCCCCC/C=C\C/C=C\CCCCCCC. The molecule has 1 N–H and O–H groups in total. The molecule has 0 spiro atoms. The van der Waals surface area contributed by atoms with E-state index >= 15 is 0 Å². The van der Waals surface area contributed by atoms with E-state index in [1.54, 1.807) is 0 Å². The van der Waals surface area contributed by atoms with Gasteiger partial charge in [0.25, 0.3) is 0 Å². The maximum atomic E-state index is 12.3. The van der Waals surface area contributed by atoms with Gasteiger partial charge < -0.3 is 14.6 Å². The molecule has 76 heavy (non-hydrogen) atoms. The number of aliphatic hydroxyl groups is 1. The number of carbonyl (C=O) groups is 2. The third-order valence-electron chi connectivity index (χ3n) is 13.1. The smallest absolute Gasteiger partial charge is 0.306 e. The van der Waals surface area contributed by atoms with Crippen molar-refractivity contribution in [3.8, 4) is 0 Å². The fourth-order valence-electron chi connectivity index (χ4n) is 8.44. The average Bonchev–Trinajstić information content (AvgIpc) is 3.42. The summed E-state index contributed by atoms with van der Waals surface area (Å²) in [5.41, 5.74) is 0. The van der Waals surface area contributed by atoms with Gasteiger partial charge in [0.05, 0.1) is 6.61 Å². The number of hydrogen-bond acceptors (Lipinski definition) is 5. The van der Waals surface area contributed by atoms with Gasteiger partial charge in [0.1, 0.15) is 6.61 Å². The molecule has 0 amide bonds. The molecule has 0 rings (SSSR count). The topological polar surface area (TPSA) is 72.8 Å². The van der Waals surface area contributed by atoms with E-state index in [9.17, 15) is 14.7 Å². The van der Waals surface area contributed by atoms with Crippen LogP contribution in [0.25, 0.3) is 0 Å². The number of ether oxygens (including phenoxy) is 2. The lowest BCUT2D eigenvalue weighted by Gasteiger charge is -2.15. The van der Waals surface area contributed by atoms with Crippen LogP contribution in [0.1, 0.15) is 271 Å². The first-order chi connectivity index (χ1) is 37.6. The Kier molecular flexibility index (Phi) is 61.5. The summed E-state index contributed by atoms with van der Waals surface area (Å²) in [5, 5.41) is 9.67. The monoisotopic (exact) mass is 1050 g/mol. The Morgan fingerprint density at radius 3 is 0.855 bits per heavy atom. The predicted octanol–water partition coefficient (Wildman–Crippen LogP) is 21.8. The van der Waals surface area contributed by atoms with Crippen molar-refractivity contribution in [2.45, 2.75) is 277 Å². The van der Waals surface area contributed by atoms with Crippen LogP contribution in [0.5, 0.6) is 0 Å². The van der Waals surface area contributed by atoms with Crippen molar-refractivity contribution in [3.05, 3.63) is 146 Å². The van der Waals surface area contributed by atoms with Crippen LogP contribution in [0.15, 0.2) is 146 Å². The van der Waals surface area contributed by atoms with Gasteiger partial charge in [-0.15, -0.1) is 0 Å². The summed E-state index contributed by atoms with van der Waals surface area (Å²) in [5.74, 6) is -0.606. The fourth-order valence-corrected chi connectivity index (χ4v) is 8.44. The summed E-state index contributed by atoms with van der Waals surface area (Å²) in [6.45, 7) is 4.02. The highest BCUT2D eigenvalue weighted by Gasteiger charge is 2.16. The quantitative estimate of drug-likeness (QED) is 0.0373. The van der Waals surface area contributed by atoms with Crippen LogP contribution in [0.4, 0.5) is 0 Å². The molecule has 0 heterocycles. The van der Waals surface area contributed by atoms with Gasteiger partial charge in [0, 0.05) is 12.8 Å². The van der Waals surface area contributed by atoms with Gasteiger partial charge in [0.2, 0.25) is 0 Å². The van der Waals surface area contributed by atoms with Gasteiger partial charge >= 0.3 is 11.9 Å². The third kappa shape index (κ3) is 62.3. The van der Waals surface area contributed by atoms with E-state index in [0.717, 1.165) is 116 Å². The van der Waals surface area contributed by atoms with E-state index in [4.69, 9.17) is 9.47 Å². The summed E-state index contributed by atoms with van der Waals surface area (Å²) in [6, 6.07) is 0. The molecule has 0 radical (unpaired) electrons. The highest BCUT2D eigenvalue weighted by atomic mass is 16.6. The molecule has 0 aliphatic carbocycles. The van der Waals surface area contributed by atoms with Gasteiger partial charge in [0.15, 0.2) is 6.10 Å². The van der Waals surface area contributed by atoms with Crippen LogP contribution >= 0.6 is 0 Å². The molecule has 0 aliphatic rings. The van der Waals surface area contributed by atoms with Crippen LogP contribution in [-0.4, -0.2) is 36.4 Å². The number of esters is 2. The lowest BCUT2D eigenvalue weighted by atomic mass is 10.0. The maximum absolute atomic E-state index is 12.3. The second kappa shape index (κ2) is 65.1. The van der Waals surface area contributed by atoms with Crippen LogP contribution in [-0.2, 0) is 19.1 Å². The van der Waals surface area contributed by atoms with Crippen LogP contribution in [0, 0.1) is 0 Å². The van der Waals surface area contributed by atoms with Crippen LogP contribution in [0.3, 0.4) is 0 Å². The van der Waals surface area contributed by atoms with Gasteiger partial charge in [-0.1, -0.05) is 282 Å². The van der Waals surface area contributed by atoms with Crippen molar-refractivity contribution >= 4 is 11.9 Å². The highest BCUT2D eigenvalue weighted by Crippen LogP contribution is 2.15. The van der Waals surface area contributed by atoms with Gasteiger partial charge in [-0.25, -0.2) is 0 Å². The Morgan fingerprint density at radius 2 is 0.566 bits per heavy atom. The minimum absolute atomic E-state index is 0.0772. The Bertz CT molecular complexity index is 1610. The zero-order chi connectivity index (χ0) is 54.8. The first kappa shape index (κ1) is 71.8. The van der Waals surface area contributed by atoms with Crippen molar-refractivity contribution in [2.24, 2.45) is 0 Å². The molecule has 0 aromatic heterocycles. The normalized spacial score (nSPS) is 13.2. The van der Waals surface area contributed by atoms with Crippen molar-refractivity contribution in [2.75, 3.05) is 13.2 Å². The number of hydrogen-bond donors (Lipinski definition) is 1. The summed E-state index contributed by atoms with van der Waals surface area (Å²) < 4.78 is 10.7. The lowest BCUT2D eigenvalue weighted by molar-refractivity contribution is -0.161. The van der Waals surface area contributed by atoms with E-state index in [1.807, 2.05) is 0 Å². The third-order valence-corrected chi connectivity index (χ3v) is 13.1. The molecule has 430 valence electrons. The molecule has 0 fully saturated rings. The Balaban J connectivity index is 3.59. The van der Waals surface area contributed by atoms with Crippen molar-refractivity contribution in [3.63, 3.8) is 0 Å². The van der Waals surface area contributed by atoms with Gasteiger partial charge in [-0.2, -0.15) is 0 Å². The Labute approximate surface area is 469 Å². The summed E-state index contributed by atoms with van der Waals surface area (Å²) >= 11 is 0. The molecular weight excluding hydrogens is 933 g/mol.